The van der Waals surface area contributed by atoms with Crippen LogP contribution in [0.1, 0.15) is 21.5 Å². The van der Waals surface area contributed by atoms with Gasteiger partial charge in [-0.3, -0.25) is 9.78 Å². The molecule has 0 radical (unpaired) electrons. The zero-order chi connectivity index (χ0) is 16.4. The van der Waals surface area contributed by atoms with Gasteiger partial charge in [0.2, 0.25) is 10.0 Å². The summed E-state index contributed by atoms with van der Waals surface area (Å²) in [6, 6.07) is 9.00. The minimum absolute atomic E-state index is 0.242. The Balaban J connectivity index is 1.80. The Bertz CT molecular complexity index is 835. The largest absolute Gasteiger partial charge is 0.322 e. The highest BCUT2D eigenvalue weighted by Gasteiger charge is 2.23. The number of nitrogens with zero attached hydrogens (tertiary/aromatic N) is 2. The number of anilines is 1. The zero-order valence-electron chi connectivity index (χ0n) is 12.7. The van der Waals surface area contributed by atoms with Gasteiger partial charge in [0, 0.05) is 31.2 Å². The molecule has 1 amide bonds. The second-order valence-corrected chi connectivity index (χ2v) is 7.51. The molecule has 1 aliphatic rings. The molecule has 0 bridgehead atoms. The molecule has 7 heteroatoms. The molecular weight excluding hydrogens is 314 g/mol. The van der Waals surface area contributed by atoms with Gasteiger partial charge in [-0.15, -0.1) is 0 Å². The average molecular weight is 331 g/mol. The standard InChI is InChI=1S/C16H17N3O3S/c1-23(21,22)19-8-6-12-4-5-15(9-14(12)11-19)18-16(20)13-3-2-7-17-10-13/h2-5,7,9-10H,6,8,11H2,1H3,(H,18,20). The van der Waals surface area contributed by atoms with Crippen molar-refractivity contribution < 1.29 is 13.2 Å². The van der Waals surface area contributed by atoms with E-state index in [1.807, 2.05) is 18.2 Å². The molecule has 3 rings (SSSR count). The number of pyridine rings is 1. The van der Waals surface area contributed by atoms with Gasteiger partial charge in [-0.25, -0.2) is 8.42 Å². The van der Waals surface area contributed by atoms with Crippen LogP contribution in [0.5, 0.6) is 0 Å². The number of amides is 1. The Labute approximate surface area is 135 Å². The van der Waals surface area contributed by atoms with Crippen LogP contribution in [0, 0.1) is 0 Å². The van der Waals surface area contributed by atoms with Crippen LogP contribution in [0.15, 0.2) is 42.7 Å². The summed E-state index contributed by atoms with van der Waals surface area (Å²) < 4.78 is 24.8. The van der Waals surface area contributed by atoms with Gasteiger partial charge in [-0.1, -0.05) is 6.07 Å². The van der Waals surface area contributed by atoms with Crippen molar-refractivity contribution in [2.24, 2.45) is 0 Å². The fraction of sp³-hybridized carbons (Fsp3) is 0.250. The second-order valence-electron chi connectivity index (χ2n) is 5.53. The Kier molecular flexibility index (Phi) is 4.14. The quantitative estimate of drug-likeness (QED) is 0.927. The lowest BCUT2D eigenvalue weighted by Crippen LogP contribution is -2.35. The highest BCUT2D eigenvalue weighted by molar-refractivity contribution is 7.88. The Morgan fingerprint density at radius 2 is 2.09 bits per heavy atom. The molecule has 0 fully saturated rings. The van der Waals surface area contributed by atoms with Crippen molar-refractivity contribution in [3.8, 4) is 0 Å². The fourth-order valence-electron chi connectivity index (χ4n) is 2.59. The number of rotatable bonds is 3. The third-order valence-corrected chi connectivity index (χ3v) is 5.08. The van der Waals surface area contributed by atoms with Crippen molar-refractivity contribution in [1.29, 1.82) is 0 Å². The van der Waals surface area contributed by atoms with Crippen LogP contribution in [0.3, 0.4) is 0 Å². The smallest absolute Gasteiger partial charge is 0.257 e. The van der Waals surface area contributed by atoms with Crippen molar-refractivity contribution in [3.63, 3.8) is 0 Å². The molecule has 23 heavy (non-hydrogen) atoms. The molecule has 1 aliphatic heterocycles. The van der Waals surface area contributed by atoms with Gasteiger partial charge in [-0.05, 0) is 41.8 Å². The molecule has 1 aromatic carbocycles. The minimum Gasteiger partial charge on any atom is -0.322 e. The molecule has 0 saturated carbocycles. The third-order valence-electron chi connectivity index (χ3n) is 3.83. The van der Waals surface area contributed by atoms with E-state index in [1.54, 1.807) is 18.3 Å². The molecule has 0 spiro atoms. The number of aromatic nitrogens is 1. The van der Waals surface area contributed by atoms with Gasteiger partial charge in [0.15, 0.2) is 0 Å². The molecule has 6 nitrogen and oxygen atoms in total. The zero-order valence-corrected chi connectivity index (χ0v) is 13.5. The van der Waals surface area contributed by atoms with Gasteiger partial charge >= 0.3 is 0 Å². The van der Waals surface area contributed by atoms with Crippen LogP contribution in [0.2, 0.25) is 0 Å². The third kappa shape index (κ3) is 3.57. The number of carbonyl (C=O) groups excluding carboxylic acids is 1. The van der Waals surface area contributed by atoms with Gasteiger partial charge < -0.3 is 5.32 Å². The van der Waals surface area contributed by atoms with Crippen LogP contribution in [-0.2, 0) is 23.0 Å². The maximum Gasteiger partial charge on any atom is 0.257 e. The van der Waals surface area contributed by atoms with Gasteiger partial charge in [-0.2, -0.15) is 4.31 Å². The van der Waals surface area contributed by atoms with E-state index in [-0.39, 0.29) is 5.91 Å². The number of nitrogens with one attached hydrogen (secondary N) is 1. The highest BCUT2D eigenvalue weighted by atomic mass is 32.2. The van der Waals surface area contributed by atoms with Crippen molar-refractivity contribution >= 4 is 21.6 Å². The predicted molar refractivity (Wildman–Crippen MR) is 87.6 cm³/mol. The van der Waals surface area contributed by atoms with Crippen LogP contribution >= 0.6 is 0 Å². The molecule has 120 valence electrons. The summed E-state index contributed by atoms with van der Waals surface area (Å²) in [5, 5.41) is 2.82. The Morgan fingerprint density at radius 1 is 1.26 bits per heavy atom. The number of hydrogen-bond acceptors (Lipinski definition) is 4. The van der Waals surface area contributed by atoms with E-state index in [1.165, 1.54) is 16.8 Å². The van der Waals surface area contributed by atoms with Crippen LogP contribution < -0.4 is 5.32 Å². The number of sulfonamides is 1. The maximum atomic E-state index is 12.1. The molecule has 2 aromatic rings. The van der Waals surface area contributed by atoms with E-state index in [4.69, 9.17) is 0 Å². The van der Waals surface area contributed by atoms with Crippen molar-refractivity contribution in [3.05, 3.63) is 59.4 Å². The monoisotopic (exact) mass is 331 g/mol. The summed E-state index contributed by atoms with van der Waals surface area (Å²) >= 11 is 0. The number of carbonyl (C=O) groups is 1. The maximum absolute atomic E-state index is 12.1. The van der Waals surface area contributed by atoms with Crippen molar-refractivity contribution in [2.75, 3.05) is 18.1 Å². The van der Waals surface area contributed by atoms with E-state index < -0.39 is 10.0 Å². The molecule has 2 heterocycles. The predicted octanol–water partition coefficient (Wildman–Crippen LogP) is 1.65. The van der Waals surface area contributed by atoms with Gasteiger partial charge in [0.25, 0.3) is 5.91 Å². The Hall–Kier alpha value is -2.25. The van der Waals surface area contributed by atoms with Gasteiger partial charge in [0.1, 0.15) is 0 Å². The van der Waals surface area contributed by atoms with E-state index in [2.05, 4.69) is 10.3 Å². The molecule has 0 unspecified atom stereocenters. The Morgan fingerprint density at radius 3 is 2.78 bits per heavy atom. The molecule has 1 aromatic heterocycles. The first kappa shape index (κ1) is 15.6. The lowest BCUT2D eigenvalue weighted by atomic mass is 10.0. The lowest BCUT2D eigenvalue weighted by Gasteiger charge is -2.27. The van der Waals surface area contributed by atoms with E-state index in [9.17, 15) is 13.2 Å². The summed E-state index contributed by atoms with van der Waals surface area (Å²) in [6.07, 6.45) is 5.00. The summed E-state index contributed by atoms with van der Waals surface area (Å²) in [4.78, 5) is 16.1. The van der Waals surface area contributed by atoms with Crippen LogP contribution in [-0.4, -0.2) is 36.4 Å². The van der Waals surface area contributed by atoms with E-state index in [0.717, 1.165) is 11.1 Å². The number of hydrogen-bond donors (Lipinski definition) is 1. The minimum atomic E-state index is -3.21. The summed E-state index contributed by atoms with van der Waals surface area (Å²) in [7, 11) is -3.21. The highest BCUT2D eigenvalue weighted by Crippen LogP contribution is 2.24. The first-order valence-corrected chi connectivity index (χ1v) is 9.06. The van der Waals surface area contributed by atoms with Crippen molar-refractivity contribution in [1.82, 2.24) is 9.29 Å². The summed E-state index contributed by atoms with van der Waals surface area (Å²) in [6.45, 7) is 0.831. The van der Waals surface area contributed by atoms with Crippen molar-refractivity contribution in [2.45, 2.75) is 13.0 Å². The topological polar surface area (TPSA) is 79.4 Å². The summed E-state index contributed by atoms with van der Waals surface area (Å²) in [5.74, 6) is -0.242. The normalized spacial score (nSPS) is 15.0. The van der Waals surface area contributed by atoms with Gasteiger partial charge in [0.05, 0.1) is 11.8 Å². The first-order chi connectivity index (χ1) is 10.9. The molecule has 0 atom stereocenters. The lowest BCUT2D eigenvalue weighted by molar-refractivity contribution is 0.102. The fourth-order valence-corrected chi connectivity index (χ4v) is 3.39. The second kappa shape index (κ2) is 6.10. The summed E-state index contributed by atoms with van der Waals surface area (Å²) in [5.41, 5.74) is 3.16. The van der Waals surface area contributed by atoms with Crippen LogP contribution in [0.4, 0.5) is 5.69 Å². The number of benzene rings is 1. The van der Waals surface area contributed by atoms with Crippen LogP contribution in [0.25, 0.3) is 0 Å². The molecule has 1 N–H and O–H groups in total. The molecule has 0 saturated heterocycles. The average Bonchev–Trinajstić information content (AvgIpc) is 2.54. The molecule has 0 aliphatic carbocycles. The van der Waals surface area contributed by atoms with E-state index >= 15 is 0 Å². The molecular formula is C16H17N3O3S. The first-order valence-electron chi connectivity index (χ1n) is 7.22. The number of fused-ring (bicyclic) bond motifs is 1. The SMILES string of the molecule is CS(=O)(=O)N1CCc2ccc(NC(=O)c3cccnc3)cc2C1. The van der Waals surface area contributed by atoms with E-state index in [0.29, 0.717) is 30.8 Å².